The van der Waals surface area contributed by atoms with Crippen LogP contribution in [-0.4, -0.2) is 0 Å². The normalized spacial score (nSPS) is 11.9. The van der Waals surface area contributed by atoms with E-state index in [1.807, 2.05) is 6.07 Å². The molecular weight excluding hydrogens is 330 g/mol. The molecule has 27 heavy (non-hydrogen) atoms. The number of anilines is 1. The van der Waals surface area contributed by atoms with E-state index in [9.17, 15) is 0 Å². The number of nitrogens with one attached hydrogen (secondary N) is 1. The number of unbranched alkanes of at least 4 members (excludes halogenated alkanes) is 1. The molecule has 3 aromatic rings. The number of hydrogen-bond acceptors (Lipinski definition) is 2. The lowest BCUT2D eigenvalue weighted by Gasteiger charge is -2.18. The number of ether oxygens (including phenoxy) is 1. The Bertz CT molecular complexity index is 786. The highest BCUT2D eigenvalue weighted by Gasteiger charge is 2.11. The van der Waals surface area contributed by atoms with Crippen LogP contribution < -0.4 is 5.32 Å². The third kappa shape index (κ3) is 6.26. The Balaban J connectivity index is 1.59. The Hall–Kier alpha value is -2.58. The Morgan fingerprint density at radius 3 is 2.26 bits per heavy atom. The van der Waals surface area contributed by atoms with E-state index in [1.165, 1.54) is 29.5 Å². The maximum Gasteiger partial charge on any atom is 0.0829 e. The van der Waals surface area contributed by atoms with Gasteiger partial charge in [0.15, 0.2) is 0 Å². The van der Waals surface area contributed by atoms with Gasteiger partial charge in [0.2, 0.25) is 0 Å². The minimum absolute atomic E-state index is 0.159. The first-order valence-corrected chi connectivity index (χ1v) is 9.88. The SMILES string of the molecule is CCCCC(OCc1cccc(NCc2ccccc2)c1)c1ccccc1. The minimum Gasteiger partial charge on any atom is -0.381 e. The largest absolute Gasteiger partial charge is 0.381 e. The summed E-state index contributed by atoms with van der Waals surface area (Å²) in [4.78, 5) is 0. The Labute approximate surface area is 163 Å². The summed E-state index contributed by atoms with van der Waals surface area (Å²) >= 11 is 0. The van der Waals surface area contributed by atoms with Gasteiger partial charge >= 0.3 is 0 Å². The Morgan fingerprint density at radius 2 is 1.52 bits per heavy atom. The van der Waals surface area contributed by atoms with E-state index in [4.69, 9.17) is 4.74 Å². The summed E-state index contributed by atoms with van der Waals surface area (Å²) in [7, 11) is 0. The summed E-state index contributed by atoms with van der Waals surface area (Å²) in [6.07, 6.45) is 3.59. The van der Waals surface area contributed by atoms with Crippen molar-refractivity contribution >= 4 is 5.69 Å². The summed E-state index contributed by atoms with van der Waals surface area (Å²) < 4.78 is 6.31. The molecule has 0 radical (unpaired) electrons. The van der Waals surface area contributed by atoms with Crippen LogP contribution in [0.3, 0.4) is 0 Å². The van der Waals surface area contributed by atoms with Gasteiger partial charge in [0, 0.05) is 12.2 Å². The predicted molar refractivity (Wildman–Crippen MR) is 114 cm³/mol. The van der Waals surface area contributed by atoms with Gasteiger partial charge < -0.3 is 10.1 Å². The molecule has 0 spiro atoms. The second-order valence-corrected chi connectivity index (χ2v) is 6.89. The van der Waals surface area contributed by atoms with Crippen LogP contribution in [0.1, 0.15) is 49.0 Å². The van der Waals surface area contributed by atoms with E-state index < -0.39 is 0 Å². The fraction of sp³-hybridized carbons (Fsp3) is 0.280. The minimum atomic E-state index is 0.159. The molecule has 0 bridgehead atoms. The monoisotopic (exact) mass is 359 g/mol. The van der Waals surface area contributed by atoms with Gasteiger partial charge in [-0.3, -0.25) is 0 Å². The van der Waals surface area contributed by atoms with Gasteiger partial charge in [-0.2, -0.15) is 0 Å². The Morgan fingerprint density at radius 1 is 0.815 bits per heavy atom. The molecule has 0 saturated heterocycles. The molecule has 0 saturated carbocycles. The van der Waals surface area contributed by atoms with E-state index in [0.29, 0.717) is 6.61 Å². The maximum absolute atomic E-state index is 6.31. The molecule has 0 aromatic heterocycles. The molecule has 0 heterocycles. The van der Waals surface area contributed by atoms with Crippen LogP contribution in [0.2, 0.25) is 0 Å². The van der Waals surface area contributed by atoms with Crippen molar-refractivity contribution in [2.45, 2.75) is 45.4 Å². The van der Waals surface area contributed by atoms with E-state index >= 15 is 0 Å². The van der Waals surface area contributed by atoms with E-state index in [1.54, 1.807) is 0 Å². The van der Waals surface area contributed by atoms with Crippen molar-refractivity contribution in [2.75, 3.05) is 5.32 Å². The van der Waals surface area contributed by atoms with Crippen LogP contribution in [0.15, 0.2) is 84.9 Å². The van der Waals surface area contributed by atoms with E-state index in [0.717, 1.165) is 18.7 Å². The summed E-state index contributed by atoms with van der Waals surface area (Å²) in [5.74, 6) is 0. The Kier molecular flexibility index (Phi) is 7.49. The standard InChI is InChI=1S/C25H29NO/c1-2-3-17-25(23-14-8-5-9-15-23)27-20-22-13-10-16-24(18-22)26-19-21-11-6-4-7-12-21/h4-16,18,25-26H,2-3,17,19-20H2,1H3. The predicted octanol–water partition coefficient (Wildman–Crippen LogP) is 6.75. The zero-order chi connectivity index (χ0) is 18.7. The van der Waals surface area contributed by atoms with Crippen molar-refractivity contribution in [3.63, 3.8) is 0 Å². The van der Waals surface area contributed by atoms with Crippen molar-refractivity contribution in [2.24, 2.45) is 0 Å². The van der Waals surface area contributed by atoms with Crippen molar-refractivity contribution in [1.29, 1.82) is 0 Å². The molecule has 1 N–H and O–H groups in total. The number of benzene rings is 3. The van der Waals surface area contributed by atoms with E-state index in [-0.39, 0.29) is 6.10 Å². The van der Waals surface area contributed by atoms with Gasteiger partial charge in [-0.15, -0.1) is 0 Å². The molecule has 0 fully saturated rings. The zero-order valence-electron chi connectivity index (χ0n) is 16.1. The summed E-state index contributed by atoms with van der Waals surface area (Å²) in [5, 5.41) is 3.50. The van der Waals surface area contributed by atoms with Gasteiger partial charge in [-0.05, 0) is 35.2 Å². The van der Waals surface area contributed by atoms with Crippen molar-refractivity contribution < 1.29 is 4.74 Å². The molecule has 3 aromatic carbocycles. The first kappa shape index (κ1) is 19.2. The molecule has 0 amide bonds. The van der Waals surface area contributed by atoms with Crippen LogP contribution in [0.4, 0.5) is 5.69 Å². The lowest BCUT2D eigenvalue weighted by atomic mass is 10.0. The fourth-order valence-electron chi connectivity index (χ4n) is 3.17. The highest BCUT2D eigenvalue weighted by molar-refractivity contribution is 5.46. The third-order valence-electron chi connectivity index (χ3n) is 4.71. The van der Waals surface area contributed by atoms with Crippen molar-refractivity contribution in [3.05, 3.63) is 102 Å². The second-order valence-electron chi connectivity index (χ2n) is 6.89. The van der Waals surface area contributed by atoms with Crippen LogP contribution in [0.25, 0.3) is 0 Å². The first-order valence-electron chi connectivity index (χ1n) is 9.88. The summed E-state index contributed by atoms with van der Waals surface area (Å²) in [6, 6.07) is 29.5. The molecule has 0 aliphatic heterocycles. The lowest BCUT2D eigenvalue weighted by molar-refractivity contribution is 0.0324. The highest BCUT2D eigenvalue weighted by atomic mass is 16.5. The number of hydrogen-bond donors (Lipinski definition) is 1. The second kappa shape index (κ2) is 10.5. The van der Waals surface area contributed by atoms with Crippen molar-refractivity contribution in [1.82, 2.24) is 0 Å². The van der Waals surface area contributed by atoms with Crippen molar-refractivity contribution in [3.8, 4) is 0 Å². The first-order chi connectivity index (χ1) is 13.3. The smallest absolute Gasteiger partial charge is 0.0829 e. The van der Waals surface area contributed by atoms with Gasteiger partial charge in [0.25, 0.3) is 0 Å². The molecule has 2 nitrogen and oxygen atoms in total. The molecule has 1 unspecified atom stereocenters. The average molecular weight is 360 g/mol. The fourth-order valence-corrected chi connectivity index (χ4v) is 3.17. The molecule has 1 atom stereocenters. The van der Waals surface area contributed by atoms with Crippen LogP contribution in [0, 0.1) is 0 Å². The van der Waals surface area contributed by atoms with Crippen LogP contribution in [0.5, 0.6) is 0 Å². The third-order valence-corrected chi connectivity index (χ3v) is 4.71. The molecular formula is C25H29NO. The molecule has 0 aliphatic rings. The van der Waals surface area contributed by atoms with Gasteiger partial charge in [-0.1, -0.05) is 92.6 Å². The topological polar surface area (TPSA) is 21.3 Å². The number of rotatable bonds is 10. The highest BCUT2D eigenvalue weighted by Crippen LogP contribution is 2.25. The van der Waals surface area contributed by atoms with Gasteiger partial charge in [-0.25, -0.2) is 0 Å². The summed E-state index contributed by atoms with van der Waals surface area (Å²) in [6.45, 7) is 3.68. The molecule has 2 heteroatoms. The molecule has 140 valence electrons. The van der Waals surface area contributed by atoms with Gasteiger partial charge in [0.05, 0.1) is 12.7 Å². The molecule has 3 rings (SSSR count). The maximum atomic E-state index is 6.31. The molecule has 0 aliphatic carbocycles. The lowest BCUT2D eigenvalue weighted by Crippen LogP contribution is -2.05. The zero-order valence-corrected chi connectivity index (χ0v) is 16.1. The quantitative estimate of drug-likeness (QED) is 0.432. The van der Waals surface area contributed by atoms with Gasteiger partial charge in [0.1, 0.15) is 0 Å². The van der Waals surface area contributed by atoms with Crippen LogP contribution >= 0.6 is 0 Å². The van der Waals surface area contributed by atoms with E-state index in [2.05, 4.69) is 91.1 Å². The van der Waals surface area contributed by atoms with Crippen LogP contribution in [-0.2, 0) is 17.9 Å². The average Bonchev–Trinajstić information content (AvgIpc) is 2.74. The summed E-state index contributed by atoms with van der Waals surface area (Å²) in [5.41, 5.74) is 4.88.